The van der Waals surface area contributed by atoms with Crippen molar-refractivity contribution in [2.24, 2.45) is 15.9 Å². The number of unbranched alkanes of at least 4 members (excludes halogenated alkanes) is 2. The lowest BCUT2D eigenvalue weighted by Gasteiger charge is -2.24. The maximum absolute atomic E-state index is 14.1. The van der Waals surface area contributed by atoms with Crippen LogP contribution in [0.25, 0.3) is 11.1 Å². The minimum atomic E-state index is -0.926. The highest BCUT2D eigenvalue weighted by Gasteiger charge is 2.36. The predicted octanol–water partition coefficient (Wildman–Crippen LogP) is 7.57. The molecule has 4 aromatic rings. The summed E-state index contributed by atoms with van der Waals surface area (Å²) in [7, 11) is 4.65. The van der Waals surface area contributed by atoms with Crippen LogP contribution in [-0.2, 0) is 24.0 Å². The Kier molecular flexibility index (Phi) is 17.2. The average Bonchev–Trinajstić information content (AvgIpc) is 4.15. The van der Waals surface area contributed by atoms with Gasteiger partial charge >= 0.3 is 0 Å². The number of nitrogens with one attached hydrogen (secondary N) is 3. The fraction of sp³-hybridized carbons (Fsp3) is 0.350. The zero-order chi connectivity index (χ0) is 56.6. The number of hydrogen-bond donors (Lipinski definition) is 3. The molecule has 0 bridgehead atoms. The lowest BCUT2D eigenvalue weighted by Crippen LogP contribution is -2.53. The third kappa shape index (κ3) is 12.4. The van der Waals surface area contributed by atoms with Gasteiger partial charge in [0.05, 0.1) is 69.1 Å². The number of hydrogen-bond acceptors (Lipinski definition) is 14. The van der Waals surface area contributed by atoms with Crippen LogP contribution in [0.4, 0.5) is 17.1 Å². The molecule has 0 spiro atoms. The summed E-state index contributed by atoms with van der Waals surface area (Å²) in [5, 5.41) is 8.34. The van der Waals surface area contributed by atoms with Gasteiger partial charge in [-0.25, -0.2) is 0 Å². The Morgan fingerprint density at radius 1 is 0.613 bits per heavy atom. The van der Waals surface area contributed by atoms with Crippen molar-refractivity contribution < 1.29 is 57.2 Å². The number of anilines is 1. The molecule has 20 heteroatoms. The standard InChI is InChI=1S/C60H64N8O12/c1-35(2)56(65-53(69)11-8-7-9-22-66-54(70)20-21-55(66)71)58(73)63-36(3)57(72)64-41-16-12-37(13-17-41)39-25-42-31-61-47-29-51(49(77-5)27-45(47)59(74)67(42)33-39)79-23-10-24-80-52-30-48-46(28-50(52)78-6)60(75)68-34-40(26-43(68)32-62-48)38-14-18-44(76-4)19-15-38/h12-21,27-36,42-43,56H,7-11,22-26H2,1-6H3,(H,63,73)(H,64,72)(H,65,69)/t36?,42-,43-,56?/m0/s1. The molecule has 416 valence electrons. The number of methoxy groups -OCH3 is 3. The highest BCUT2D eigenvalue weighted by molar-refractivity contribution is 6.13. The van der Waals surface area contributed by atoms with E-state index in [1.165, 1.54) is 26.4 Å². The number of fused-ring (bicyclic) bond motifs is 4. The Bertz CT molecular complexity index is 3220. The molecule has 80 heavy (non-hydrogen) atoms. The summed E-state index contributed by atoms with van der Waals surface area (Å²) in [6.07, 6.45) is 13.1. The van der Waals surface area contributed by atoms with Crippen LogP contribution in [0, 0.1) is 5.92 Å². The van der Waals surface area contributed by atoms with Crippen LogP contribution in [0.1, 0.15) is 97.6 Å². The fourth-order valence-corrected chi connectivity index (χ4v) is 9.92. The monoisotopic (exact) mass is 1090 g/mol. The van der Waals surface area contributed by atoms with Gasteiger partial charge < -0.3 is 49.4 Å². The van der Waals surface area contributed by atoms with Crippen LogP contribution in [-0.4, -0.2) is 134 Å². The smallest absolute Gasteiger partial charge is 0.260 e. The second-order valence-corrected chi connectivity index (χ2v) is 20.2. The number of imide groups is 1. The van der Waals surface area contributed by atoms with E-state index in [0.717, 1.165) is 32.9 Å². The predicted molar refractivity (Wildman–Crippen MR) is 300 cm³/mol. The Labute approximate surface area is 463 Å². The van der Waals surface area contributed by atoms with E-state index in [1.54, 1.807) is 86.5 Å². The first-order valence-corrected chi connectivity index (χ1v) is 26.7. The fourth-order valence-electron chi connectivity index (χ4n) is 9.92. The van der Waals surface area contributed by atoms with E-state index < -0.39 is 23.9 Å². The van der Waals surface area contributed by atoms with Crippen molar-refractivity contribution in [1.29, 1.82) is 0 Å². The molecule has 3 N–H and O–H groups in total. The van der Waals surface area contributed by atoms with Crippen LogP contribution in [0.15, 0.2) is 107 Å². The van der Waals surface area contributed by atoms with Crippen molar-refractivity contribution in [3.05, 3.63) is 120 Å². The van der Waals surface area contributed by atoms with Crippen LogP contribution < -0.4 is 39.6 Å². The SMILES string of the molecule is COc1ccc(C2=CN3C(=O)c4cc(OC)c(OCCCOc5cc6c(cc5OC)C(=O)N5C=C(c7ccc(NC(=O)C(C)NC(=O)C(NC(=O)CCCCCN8C(=O)C=CC8=O)C(C)C)cc7)C[C@H]5C=N6)cc4N=C[C@@H]3C2)cc1. The normalized spacial score (nSPS) is 17.6. The summed E-state index contributed by atoms with van der Waals surface area (Å²) in [6, 6.07) is 19.2. The summed E-state index contributed by atoms with van der Waals surface area (Å²) in [5.41, 5.74) is 5.94. The molecular formula is C60H64N8O12. The van der Waals surface area contributed by atoms with E-state index >= 15 is 0 Å². The molecule has 4 aromatic carbocycles. The Morgan fingerprint density at radius 2 is 1.14 bits per heavy atom. The minimum absolute atomic E-state index is 0.162. The maximum atomic E-state index is 14.1. The molecule has 0 fully saturated rings. The number of carbonyl (C=O) groups is 7. The zero-order valence-electron chi connectivity index (χ0n) is 45.5. The molecule has 5 aliphatic rings. The number of ether oxygens (including phenoxy) is 5. The van der Waals surface area contributed by atoms with Gasteiger partial charge in [0.1, 0.15) is 17.8 Å². The summed E-state index contributed by atoms with van der Waals surface area (Å²) in [6.45, 7) is 5.94. The van der Waals surface area contributed by atoms with Gasteiger partial charge in [0, 0.05) is 87.0 Å². The van der Waals surface area contributed by atoms with Gasteiger partial charge in [-0.2, -0.15) is 0 Å². The molecule has 0 aliphatic carbocycles. The van der Waals surface area contributed by atoms with Gasteiger partial charge in [-0.05, 0) is 84.4 Å². The van der Waals surface area contributed by atoms with Crippen LogP contribution >= 0.6 is 0 Å². The van der Waals surface area contributed by atoms with Crippen molar-refractivity contribution in [3.8, 4) is 28.7 Å². The Hall–Kier alpha value is -9.07. The summed E-state index contributed by atoms with van der Waals surface area (Å²) >= 11 is 0. The van der Waals surface area contributed by atoms with Gasteiger partial charge in [-0.1, -0.05) is 44.5 Å². The van der Waals surface area contributed by atoms with Crippen molar-refractivity contribution in [1.82, 2.24) is 25.3 Å². The molecule has 2 unspecified atom stereocenters. The van der Waals surface area contributed by atoms with E-state index in [1.807, 2.05) is 48.8 Å². The van der Waals surface area contributed by atoms with Gasteiger partial charge in [0.25, 0.3) is 23.6 Å². The highest BCUT2D eigenvalue weighted by Crippen LogP contribution is 2.42. The first-order valence-electron chi connectivity index (χ1n) is 26.7. The quantitative estimate of drug-likeness (QED) is 0.0482. The second-order valence-electron chi connectivity index (χ2n) is 20.2. The summed E-state index contributed by atoms with van der Waals surface area (Å²) < 4.78 is 29.0. The lowest BCUT2D eigenvalue weighted by molar-refractivity contribution is -0.137. The Morgan fingerprint density at radius 3 is 1.64 bits per heavy atom. The molecule has 7 amide bonds. The molecule has 9 rings (SSSR count). The Balaban J connectivity index is 0.739. The zero-order valence-corrected chi connectivity index (χ0v) is 45.5. The topological polar surface area (TPSA) is 236 Å². The first kappa shape index (κ1) is 55.7. The van der Waals surface area contributed by atoms with Gasteiger partial charge in [-0.3, -0.25) is 48.4 Å². The molecule has 0 aromatic heterocycles. The van der Waals surface area contributed by atoms with Crippen molar-refractivity contribution in [3.63, 3.8) is 0 Å². The largest absolute Gasteiger partial charge is 0.497 e. The molecular weight excluding hydrogens is 1020 g/mol. The first-order chi connectivity index (χ1) is 38.6. The molecule has 4 atom stereocenters. The number of carbonyl (C=O) groups excluding carboxylic acids is 7. The highest BCUT2D eigenvalue weighted by atomic mass is 16.5. The molecule has 0 saturated heterocycles. The van der Waals surface area contributed by atoms with Gasteiger partial charge in [0.15, 0.2) is 23.0 Å². The number of benzene rings is 4. The second kappa shape index (κ2) is 24.7. The number of aliphatic imine (C=N–C) groups is 2. The van der Waals surface area contributed by atoms with Gasteiger partial charge in [-0.15, -0.1) is 0 Å². The van der Waals surface area contributed by atoms with Crippen molar-refractivity contribution in [2.45, 2.75) is 89.9 Å². The summed E-state index contributed by atoms with van der Waals surface area (Å²) in [5.74, 6) is -0.270. The summed E-state index contributed by atoms with van der Waals surface area (Å²) in [4.78, 5) is 105. The lowest BCUT2D eigenvalue weighted by atomic mass is 10.0. The maximum Gasteiger partial charge on any atom is 0.260 e. The van der Waals surface area contributed by atoms with E-state index in [9.17, 15) is 33.6 Å². The van der Waals surface area contributed by atoms with Crippen LogP contribution in [0.3, 0.4) is 0 Å². The minimum Gasteiger partial charge on any atom is -0.497 e. The third-order valence-electron chi connectivity index (χ3n) is 14.4. The van der Waals surface area contributed by atoms with Crippen LogP contribution in [0.5, 0.6) is 28.7 Å². The molecule has 5 heterocycles. The van der Waals surface area contributed by atoms with E-state index in [-0.39, 0.29) is 73.7 Å². The van der Waals surface area contributed by atoms with Gasteiger partial charge in [0.2, 0.25) is 17.7 Å². The van der Waals surface area contributed by atoms with Crippen molar-refractivity contribution >= 4 is 82.0 Å². The van der Waals surface area contributed by atoms with Crippen molar-refractivity contribution in [2.75, 3.05) is 46.4 Å². The number of nitrogens with zero attached hydrogens (tertiary/aromatic N) is 5. The number of amides is 7. The average molecular weight is 1090 g/mol. The molecule has 5 aliphatic heterocycles. The van der Waals surface area contributed by atoms with Crippen LogP contribution in [0.2, 0.25) is 0 Å². The molecule has 0 radical (unpaired) electrons. The van der Waals surface area contributed by atoms with E-state index in [2.05, 4.69) is 16.0 Å². The number of rotatable bonds is 23. The molecule has 0 saturated carbocycles. The van der Waals surface area contributed by atoms with E-state index in [4.69, 9.17) is 33.7 Å². The molecule has 20 nitrogen and oxygen atoms in total. The third-order valence-corrected chi connectivity index (χ3v) is 14.4. The van der Waals surface area contributed by atoms with E-state index in [0.29, 0.717) is 89.7 Å².